The molecule has 7 rings (SSSR count). The van der Waals surface area contributed by atoms with Gasteiger partial charge in [0.25, 0.3) is 0 Å². The van der Waals surface area contributed by atoms with Crippen molar-refractivity contribution in [3.05, 3.63) is 105 Å². The van der Waals surface area contributed by atoms with Gasteiger partial charge in [-0.15, -0.1) is 0 Å². The Labute approximate surface area is 195 Å². The molecule has 33 heavy (non-hydrogen) atoms. The second kappa shape index (κ2) is 5.78. The van der Waals surface area contributed by atoms with E-state index in [1.54, 1.807) is 0 Å². The van der Waals surface area contributed by atoms with Crippen LogP contribution in [0.3, 0.4) is 0 Å². The molecule has 1 unspecified atom stereocenters. The smallest absolute Gasteiger partial charge is 0.179 e. The Morgan fingerprint density at radius 1 is 0.727 bits per heavy atom. The van der Waals surface area contributed by atoms with Gasteiger partial charge in [0.05, 0.1) is 5.76 Å². The number of allylic oxidation sites excluding steroid dienone is 3. The first kappa shape index (κ1) is 19.2. The predicted molar refractivity (Wildman–Crippen MR) is 138 cm³/mol. The van der Waals surface area contributed by atoms with Crippen molar-refractivity contribution in [2.75, 3.05) is 0 Å². The van der Waals surface area contributed by atoms with Gasteiger partial charge in [-0.1, -0.05) is 67.9 Å². The Balaban J connectivity index is 1.77. The lowest BCUT2D eigenvalue weighted by atomic mass is 9.67. The molecule has 4 aromatic rings. The second-order valence-electron chi connectivity index (χ2n) is 10.8. The maximum atomic E-state index is 6.94. The van der Waals surface area contributed by atoms with Crippen molar-refractivity contribution >= 4 is 21.5 Å². The van der Waals surface area contributed by atoms with Crippen molar-refractivity contribution < 1.29 is 4.74 Å². The molecule has 1 spiro atoms. The van der Waals surface area contributed by atoms with E-state index in [1.165, 1.54) is 71.6 Å². The van der Waals surface area contributed by atoms with Crippen molar-refractivity contribution in [3.8, 4) is 11.1 Å². The quantitative estimate of drug-likeness (QED) is 0.273. The molecule has 0 fully saturated rings. The Morgan fingerprint density at radius 2 is 1.52 bits per heavy atom. The average molecular weight is 429 g/mol. The summed E-state index contributed by atoms with van der Waals surface area (Å²) in [5.41, 5.74) is 11.4. The summed E-state index contributed by atoms with van der Waals surface area (Å²) in [4.78, 5) is 0. The first-order chi connectivity index (χ1) is 15.7. The van der Waals surface area contributed by atoms with Crippen LogP contribution in [0.4, 0.5) is 0 Å². The highest BCUT2D eigenvalue weighted by molar-refractivity contribution is 6.12. The lowest BCUT2D eigenvalue weighted by molar-refractivity contribution is 0.0766. The third-order valence-corrected chi connectivity index (χ3v) is 8.54. The lowest BCUT2D eigenvalue weighted by Crippen LogP contribution is -2.29. The lowest BCUT2D eigenvalue weighted by Gasteiger charge is -2.36. The number of hydrogen-bond donors (Lipinski definition) is 0. The highest BCUT2D eigenvalue weighted by Crippen LogP contribution is 2.63. The van der Waals surface area contributed by atoms with Crippen LogP contribution in [-0.4, -0.2) is 0 Å². The Kier molecular flexibility index (Phi) is 3.36. The summed E-state index contributed by atoms with van der Waals surface area (Å²) in [6.45, 7) is 13.5. The fraction of sp³-hybridized carbons (Fsp3) is 0.250. The molecule has 0 saturated heterocycles. The highest BCUT2D eigenvalue weighted by Gasteiger charge is 2.51. The van der Waals surface area contributed by atoms with Gasteiger partial charge in [-0.05, 0) is 94.8 Å². The van der Waals surface area contributed by atoms with Crippen molar-refractivity contribution in [1.29, 1.82) is 0 Å². The monoisotopic (exact) mass is 428 g/mol. The minimum Gasteiger partial charge on any atom is -0.478 e. The molecule has 0 bridgehead atoms. The van der Waals surface area contributed by atoms with Crippen molar-refractivity contribution in [1.82, 2.24) is 0 Å². The normalized spacial score (nSPS) is 21.7. The van der Waals surface area contributed by atoms with E-state index in [-0.39, 0.29) is 5.41 Å². The molecule has 2 aliphatic carbocycles. The van der Waals surface area contributed by atoms with Crippen LogP contribution >= 0.6 is 0 Å². The van der Waals surface area contributed by atoms with E-state index >= 15 is 0 Å². The summed E-state index contributed by atoms with van der Waals surface area (Å²) in [7, 11) is 0. The van der Waals surface area contributed by atoms with Crippen LogP contribution < -0.4 is 0 Å². The second-order valence-corrected chi connectivity index (χ2v) is 10.8. The standard InChI is InChI=1S/C32H28O/c1-17-10-11-22-15-26-29-28-25(32(26)16-18(2)19(3)20(4)33-32)13-12-21-8-7-9-24(27(21)28)31(5,6)30(29)23(22)14-17/h7-16H,1-6H3. The SMILES string of the molecule is CC1=CC2(OC(C)=C1C)c1cc3ccc(C)cc3c3c1-c1c2ccc2cccc(c12)C3(C)C. The summed E-state index contributed by atoms with van der Waals surface area (Å²) < 4.78 is 6.94. The summed E-state index contributed by atoms with van der Waals surface area (Å²) in [6.07, 6.45) is 2.37. The van der Waals surface area contributed by atoms with Gasteiger partial charge in [-0.3, -0.25) is 0 Å². The van der Waals surface area contributed by atoms with E-state index in [9.17, 15) is 0 Å². The molecule has 162 valence electrons. The summed E-state index contributed by atoms with van der Waals surface area (Å²) in [6, 6.07) is 20.7. The van der Waals surface area contributed by atoms with E-state index in [0.717, 1.165) is 5.76 Å². The topological polar surface area (TPSA) is 9.23 Å². The first-order valence-corrected chi connectivity index (χ1v) is 12.0. The Morgan fingerprint density at radius 3 is 2.30 bits per heavy atom. The minimum absolute atomic E-state index is 0.109. The Hall–Kier alpha value is -3.32. The summed E-state index contributed by atoms with van der Waals surface area (Å²) >= 11 is 0. The summed E-state index contributed by atoms with van der Waals surface area (Å²) in [5.74, 6) is 1.02. The number of ether oxygens (including phenoxy) is 1. The predicted octanol–water partition coefficient (Wildman–Crippen LogP) is 8.44. The fourth-order valence-electron chi connectivity index (χ4n) is 6.76. The van der Waals surface area contributed by atoms with Gasteiger partial charge >= 0.3 is 0 Å². The third-order valence-electron chi connectivity index (χ3n) is 8.54. The Bertz CT molecular complexity index is 1640. The largest absolute Gasteiger partial charge is 0.478 e. The maximum absolute atomic E-state index is 6.94. The van der Waals surface area contributed by atoms with Crippen LogP contribution in [-0.2, 0) is 15.8 Å². The number of benzene rings is 4. The molecule has 0 N–H and O–H groups in total. The molecular formula is C32H28O. The van der Waals surface area contributed by atoms with Crippen molar-refractivity contribution in [3.63, 3.8) is 0 Å². The molecule has 0 saturated carbocycles. The number of fused-ring (bicyclic) bond motifs is 4. The zero-order valence-electron chi connectivity index (χ0n) is 20.2. The number of aryl methyl sites for hydroxylation is 1. The van der Waals surface area contributed by atoms with Crippen LogP contribution in [0.5, 0.6) is 0 Å². The van der Waals surface area contributed by atoms with Crippen LogP contribution in [0.25, 0.3) is 32.7 Å². The van der Waals surface area contributed by atoms with Gasteiger partial charge in [0.2, 0.25) is 0 Å². The molecule has 1 atom stereocenters. The van der Waals surface area contributed by atoms with Crippen LogP contribution in [0, 0.1) is 6.92 Å². The number of hydrogen-bond acceptors (Lipinski definition) is 1. The van der Waals surface area contributed by atoms with Gasteiger partial charge in [-0.2, -0.15) is 0 Å². The molecule has 4 aromatic carbocycles. The van der Waals surface area contributed by atoms with Gasteiger partial charge in [0.15, 0.2) is 5.60 Å². The molecule has 1 nitrogen and oxygen atoms in total. The minimum atomic E-state index is -0.576. The van der Waals surface area contributed by atoms with E-state index in [2.05, 4.69) is 102 Å². The zero-order valence-corrected chi connectivity index (χ0v) is 20.2. The van der Waals surface area contributed by atoms with E-state index < -0.39 is 5.60 Å². The molecular weight excluding hydrogens is 400 g/mol. The van der Waals surface area contributed by atoms with E-state index in [1.807, 2.05) is 0 Å². The molecule has 1 aliphatic heterocycles. The van der Waals surface area contributed by atoms with Crippen molar-refractivity contribution in [2.24, 2.45) is 0 Å². The molecule has 3 aliphatic rings. The average Bonchev–Trinajstić information content (AvgIpc) is 3.04. The zero-order chi connectivity index (χ0) is 22.9. The first-order valence-electron chi connectivity index (χ1n) is 12.0. The van der Waals surface area contributed by atoms with Gasteiger partial charge in [-0.25, -0.2) is 0 Å². The third kappa shape index (κ3) is 2.10. The maximum Gasteiger partial charge on any atom is 0.179 e. The molecule has 0 aromatic heterocycles. The molecule has 0 radical (unpaired) electrons. The van der Waals surface area contributed by atoms with Crippen molar-refractivity contribution in [2.45, 2.75) is 52.6 Å². The van der Waals surface area contributed by atoms with Crippen LogP contribution in [0.1, 0.15) is 62.4 Å². The van der Waals surface area contributed by atoms with Crippen LogP contribution in [0.2, 0.25) is 0 Å². The van der Waals surface area contributed by atoms with Gasteiger partial charge in [0.1, 0.15) is 0 Å². The van der Waals surface area contributed by atoms with E-state index in [0.29, 0.717) is 0 Å². The molecule has 0 amide bonds. The highest BCUT2D eigenvalue weighted by atomic mass is 16.5. The molecule has 1 heterocycles. The van der Waals surface area contributed by atoms with Gasteiger partial charge < -0.3 is 4.74 Å². The van der Waals surface area contributed by atoms with E-state index in [4.69, 9.17) is 4.74 Å². The van der Waals surface area contributed by atoms with Crippen LogP contribution in [0.15, 0.2) is 77.6 Å². The number of rotatable bonds is 0. The molecule has 1 heteroatoms. The summed E-state index contributed by atoms with van der Waals surface area (Å²) in [5, 5.41) is 5.38. The fourth-order valence-corrected chi connectivity index (χ4v) is 6.76. The van der Waals surface area contributed by atoms with Gasteiger partial charge in [0, 0.05) is 16.5 Å².